The maximum absolute atomic E-state index is 12.2. The third-order valence-corrected chi connectivity index (χ3v) is 3.41. The van der Waals surface area contributed by atoms with Crippen LogP contribution in [0.25, 0.3) is 0 Å². The first-order valence-corrected chi connectivity index (χ1v) is 6.70. The van der Waals surface area contributed by atoms with Gasteiger partial charge in [-0.25, -0.2) is 0 Å². The highest BCUT2D eigenvalue weighted by Crippen LogP contribution is 2.28. The third-order valence-electron chi connectivity index (χ3n) is 2.51. The molecule has 1 aromatic carbocycles. The topological polar surface area (TPSA) is 38.0 Å². The van der Waals surface area contributed by atoms with Gasteiger partial charge in [-0.3, -0.25) is 11.3 Å². The Hall–Kier alpha value is -0.720. The smallest absolute Gasteiger partial charge is 0.271 e. The van der Waals surface area contributed by atoms with E-state index in [2.05, 4.69) is 5.43 Å². The Kier molecular flexibility index (Phi) is 5.98. The molecule has 0 aliphatic heterocycles. The van der Waals surface area contributed by atoms with Crippen LogP contribution in [0.1, 0.15) is 31.4 Å². The van der Waals surface area contributed by atoms with Crippen molar-refractivity contribution in [2.24, 2.45) is 5.84 Å². The number of alkyl halides is 3. The van der Waals surface area contributed by atoms with Crippen LogP contribution in [0.2, 0.25) is 0 Å². The largest absolute Gasteiger partial charge is 0.389 e. The van der Waals surface area contributed by atoms with Crippen molar-refractivity contribution in [1.29, 1.82) is 0 Å². The Labute approximate surface area is 109 Å². The number of nitrogens with one attached hydrogen (secondary N) is 1. The molecule has 102 valence electrons. The zero-order chi connectivity index (χ0) is 13.6. The molecule has 1 unspecified atom stereocenters. The molecule has 0 spiro atoms. The summed E-state index contributed by atoms with van der Waals surface area (Å²) in [6, 6.07) is 6.98. The lowest BCUT2D eigenvalue weighted by molar-refractivity contribution is -0.136. The lowest BCUT2D eigenvalue weighted by atomic mass is 10.0. The third kappa shape index (κ3) is 5.29. The number of hydrogen-bond acceptors (Lipinski definition) is 3. The van der Waals surface area contributed by atoms with Gasteiger partial charge >= 0.3 is 6.18 Å². The van der Waals surface area contributed by atoms with E-state index < -0.39 is 18.6 Å². The normalized spacial score (nSPS) is 13.6. The molecule has 0 heterocycles. The average molecular weight is 278 g/mol. The Bertz CT molecular complexity index is 351. The van der Waals surface area contributed by atoms with Crippen molar-refractivity contribution in [3.63, 3.8) is 0 Å². The van der Waals surface area contributed by atoms with Gasteiger partial charge in [0.25, 0.3) is 0 Å². The molecule has 1 atom stereocenters. The minimum atomic E-state index is -4.15. The first-order chi connectivity index (χ1) is 8.46. The Morgan fingerprint density at radius 2 is 1.89 bits per heavy atom. The number of hydrazine groups is 1. The molecule has 18 heavy (non-hydrogen) atoms. The van der Waals surface area contributed by atoms with E-state index in [1.165, 1.54) is 0 Å². The number of nitrogens with two attached hydrogens (primary N) is 1. The number of rotatable bonds is 6. The molecule has 1 rings (SSSR count). The summed E-state index contributed by atoms with van der Waals surface area (Å²) in [6.07, 6.45) is -5.04. The fourth-order valence-electron chi connectivity index (χ4n) is 1.62. The molecule has 0 aliphatic rings. The second kappa shape index (κ2) is 7.01. The van der Waals surface area contributed by atoms with E-state index in [4.69, 9.17) is 5.84 Å². The summed E-state index contributed by atoms with van der Waals surface area (Å²) in [4.78, 5) is 1.10. The van der Waals surface area contributed by atoms with E-state index in [9.17, 15) is 13.2 Å². The highest BCUT2D eigenvalue weighted by Gasteiger charge is 2.28. The summed E-state index contributed by atoms with van der Waals surface area (Å²) in [6.45, 7) is 2.05. The van der Waals surface area contributed by atoms with Crippen molar-refractivity contribution >= 4 is 11.8 Å². The van der Waals surface area contributed by atoms with Gasteiger partial charge in [-0.2, -0.15) is 13.2 Å². The second-order valence-corrected chi connectivity index (χ2v) is 5.21. The zero-order valence-corrected chi connectivity index (χ0v) is 10.9. The lowest BCUT2D eigenvalue weighted by Crippen LogP contribution is -2.29. The molecule has 6 heteroatoms. The quantitative estimate of drug-likeness (QED) is 0.474. The fourth-order valence-corrected chi connectivity index (χ4v) is 2.28. The first kappa shape index (κ1) is 15.3. The zero-order valence-electron chi connectivity index (χ0n) is 10.1. The second-order valence-electron chi connectivity index (χ2n) is 3.88. The summed E-state index contributed by atoms with van der Waals surface area (Å²) in [7, 11) is 0. The maximum atomic E-state index is 12.2. The van der Waals surface area contributed by atoms with Crippen molar-refractivity contribution in [3.8, 4) is 0 Å². The molecule has 0 radical (unpaired) electrons. The summed E-state index contributed by atoms with van der Waals surface area (Å²) >= 11 is 1.69. The van der Waals surface area contributed by atoms with Crippen LogP contribution >= 0.6 is 11.8 Å². The molecule has 0 aromatic heterocycles. The van der Waals surface area contributed by atoms with Crippen molar-refractivity contribution in [1.82, 2.24) is 5.43 Å². The van der Waals surface area contributed by atoms with Crippen molar-refractivity contribution < 1.29 is 13.2 Å². The van der Waals surface area contributed by atoms with Crippen molar-refractivity contribution in [3.05, 3.63) is 29.8 Å². The molecule has 0 fully saturated rings. The highest BCUT2D eigenvalue weighted by atomic mass is 32.2. The summed E-state index contributed by atoms with van der Waals surface area (Å²) in [5.41, 5.74) is 3.22. The molecule has 0 aliphatic carbocycles. The SMILES string of the molecule is CCSc1ccc(C(CCC(F)(F)F)NN)cc1. The first-order valence-electron chi connectivity index (χ1n) is 5.72. The average Bonchev–Trinajstić information content (AvgIpc) is 2.31. The van der Waals surface area contributed by atoms with Gasteiger partial charge in [0.2, 0.25) is 0 Å². The standard InChI is InChI=1S/C12H17F3N2S/c1-2-18-10-5-3-9(4-6-10)11(17-16)7-8-12(13,14)15/h3-6,11,17H,2,7-8,16H2,1H3. The van der Waals surface area contributed by atoms with Crippen LogP contribution in [0.5, 0.6) is 0 Å². The van der Waals surface area contributed by atoms with Crippen molar-refractivity contribution in [2.75, 3.05) is 5.75 Å². The Morgan fingerprint density at radius 1 is 1.28 bits per heavy atom. The van der Waals surface area contributed by atoms with E-state index in [-0.39, 0.29) is 6.42 Å². The maximum Gasteiger partial charge on any atom is 0.389 e. The number of hydrogen-bond donors (Lipinski definition) is 2. The number of thioether (sulfide) groups is 1. The molecular weight excluding hydrogens is 261 g/mol. The Balaban J connectivity index is 2.64. The minimum absolute atomic E-state index is 0.0553. The van der Waals surface area contributed by atoms with Gasteiger partial charge in [-0.15, -0.1) is 11.8 Å². The van der Waals surface area contributed by atoms with Gasteiger partial charge in [0.15, 0.2) is 0 Å². The molecule has 3 N–H and O–H groups in total. The molecule has 1 aromatic rings. The molecule has 2 nitrogen and oxygen atoms in total. The van der Waals surface area contributed by atoms with Crippen molar-refractivity contribution in [2.45, 2.75) is 36.9 Å². The van der Waals surface area contributed by atoms with E-state index in [0.717, 1.165) is 16.2 Å². The predicted molar refractivity (Wildman–Crippen MR) is 68.2 cm³/mol. The number of benzene rings is 1. The van der Waals surface area contributed by atoms with Gasteiger partial charge in [0.05, 0.1) is 0 Å². The fraction of sp³-hybridized carbons (Fsp3) is 0.500. The molecule has 0 saturated carbocycles. The van der Waals surface area contributed by atoms with Crippen LogP contribution in [0.4, 0.5) is 13.2 Å². The van der Waals surface area contributed by atoms with Gasteiger partial charge < -0.3 is 0 Å². The van der Waals surface area contributed by atoms with Gasteiger partial charge in [-0.05, 0) is 29.9 Å². The monoisotopic (exact) mass is 278 g/mol. The van der Waals surface area contributed by atoms with Gasteiger partial charge in [0, 0.05) is 17.4 Å². The summed E-state index contributed by atoms with van der Waals surface area (Å²) in [5, 5.41) is 0. The molecule has 0 saturated heterocycles. The highest BCUT2D eigenvalue weighted by molar-refractivity contribution is 7.99. The molecule has 0 amide bonds. The van der Waals surface area contributed by atoms with Crippen LogP contribution in [-0.2, 0) is 0 Å². The van der Waals surface area contributed by atoms with Crippen LogP contribution in [0, 0.1) is 0 Å². The van der Waals surface area contributed by atoms with Crippen LogP contribution in [0.3, 0.4) is 0 Å². The van der Waals surface area contributed by atoms with Gasteiger partial charge in [0.1, 0.15) is 0 Å². The minimum Gasteiger partial charge on any atom is -0.271 e. The molecule has 0 bridgehead atoms. The summed E-state index contributed by atoms with van der Waals surface area (Å²) < 4.78 is 36.5. The Morgan fingerprint density at radius 3 is 2.33 bits per heavy atom. The van der Waals surface area contributed by atoms with E-state index in [1.54, 1.807) is 11.8 Å². The van der Waals surface area contributed by atoms with E-state index in [0.29, 0.717) is 0 Å². The van der Waals surface area contributed by atoms with E-state index >= 15 is 0 Å². The van der Waals surface area contributed by atoms with Crippen LogP contribution in [-0.4, -0.2) is 11.9 Å². The molecular formula is C12H17F3N2S. The lowest BCUT2D eigenvalue weighted by Gasteiger charge is -2.17. The van der Waals surface area contributed by atoms with Crippen LogP contribution < -0.4 is 11.3 Å². The summed E-state index contributed by atoms with van der Waals surface area (Å²) in [5.74, 6) is 6.27. The number of halogens is 3. The van der Waals surface area contributed by atoms with Gasteiger partial charge in [-0.1, -0.05) is 19.1 Å². The van der Waals surface area contributed by atoms with Crippen LogP contribution in [0.15, 0.2) is 29.2 Å². The predicted octanol–water partition coefficient (Wildman–Crippen LogP) is 3.65. The van der Waals surface area contributed by atoms with E-state index in [1.807, 2.05) is 31.2 Å².